The number of carbonyl (C=O) groups is 2. The molecule has 2 amide bonds. The highest BCUT2D eigenvalue weighted by Crippen LogP contribution is 2.34. The number of benzene rings is 3. The van der Waals surface area contributed by atoms with Crippen molar-refractivity contribution in [1.82, 2.24) is 10.6 Å². The number of amides is 2. The van der Waals surface area contributed by atoms with Crippen LogP contribution in [0.5, 0.6) is 17.2 Å². The number of hydrogen-bond donors (Lipinski definition) is 2. The van der Waals surface area contributed by atoms with Crippen molar-refractivity contribution in [3.63, 3.8) is 0 Å². The van der Waals surface area contributed by atoms with Crippen molar-refractivity contribution in [3.05, 3.63) is 101 Å². The van der Waals surface area contributed by atoms with E-state index in [1.807, 2.05) is 60.7 Å². The fraction of sp³-hybridized carbons (Fsp3) is 0.214. The average Bonchev–Trinajstić information content (AvgIpc) is 3.39. The summed E-state index contributed by atoms with van der Waals surface area (Å²) in [5, 5.41) is 5.71. The Morgan fingerprint density at radius 1 is 0.944 bits per heavy atom. The van der Waals surface area contributed by atoms with E-state index in [0.717, 1.165) is 16.7 Å². The molecular weight excluding hydrogens is 460 g/mol. The summed E-state index contributed by atoms with van der Waals surface area (Å²) in [5.74, 6) is 1.58. The Balaban J connectivity index is 1.44. The van der Waals surface area contributed by atoms with Crippen LogP contribution in [0.15, 0.2) is 84.1 Å². The van der Waals surface area contributed by atoms with Gasteiger partial charge >= 0.3 is 12.0 Å². The van der Waals surface area contributed by atoms with Crippen molar-refractivity contribution in [2.75, 3.05) is 13.9 Å². The summed E-state index contributed by atoms with van der Waals surface area (Å²) >= 11 is 0. The SMILES string of the molecule is COc1ccc(C2NC(=O)NC(CCc3ccc4c(c3)OCO4)=C2C(=O)OCc2ccccc2)cc1. The Kier molecular flexibility index (Phi) is 6.75. The highest BCUT2D eigenvalue weighted by molar-refractivity contribution is 5.95. The number of nitrogens with one attached hydrogen (secondary N) is 2. The average molecular weight is 487 g/mol. The van der Waals surface area contributed by atoms with Crippen molar-refractivity contribution >= 4 is 12.0 Å². The molecule has 3 aromatic carbocycles. The molecule has 0 fully saturated rings. The number of allylic oxidation sites excluding steroid dienone is 1. The molecule has 8 heteroatoms. The van der Waals surface area contributed by atoms with Gasteiger partial charge in [-0.2, -0.15) is 0 Å². The summed E-state index contributed by atoms with van der Waals surface area (Å²) in [4.78, 5) is 26.1. The first-order valence-corrected chi connectivity index (χ1v) is 11.6. The van der Waals surface area contributed by atoms with E-state index in [1.165, 1.54) is 0 Å². The van der Waals surface area contributed by atoms with Crippen molar-refractivity contribution in [2.45, 2.75) is 25.5 Å². The molecule has 2 heterocycles. The minimum Gasteiger partial charge on any atom is -0.497 e. The van der Waals surface area contributed by atoms with E-state index in [-0.39, 0.29) is 19.4 Å². The highest BCUT2D eigenvalue weighted by atomic mass is 16.7. The van der Waals surface area contributed by atoms with Gasteiger partial charge in [-0.25, -0.2) is 9.59 Å². The number of esters is 1. The monoisotopic (exact) mass is 486 g/mol. The van der Waals surface area contributed by atoms with Crippen LogP contribution in [-0.4, -0.2) is 25.9 Å². The van der Waals surface area contributed by atoms with Crippen LogP contribution < -0.4 is 24.8 Å². The first kappa shape index (κ1) is 23.3. The first-order valence-electron chi connectivity index (χ1n) is 11.6. The number of ether oxygens (including phenoxy) is 4. The van der Waals surface area contributed by atoms with Gasteiger partial charge in [0, 0.05) is 5.70 Å². The van der Waals surface area contributed by atoms with Crippen LogP contribution in [0.2, 0.25) is 0 Å². The lowest BCUT2D eigenvalue weighted by atomic mass is 9.93. The molecule has 2 aliphatic heterocycles. The van der Waals surface area contributed by atoms with Crippen LogP contribution in [0.3, 0.4) is 0 Å². The third-order valence-corrected chi connectivity index (χ3v) is 6.14. The summed E-state index contributed by atoms with van der Waals surface area (Å²) < 4.78 is 21.8. The molecule has 1 unspecified atom stereocenters. The van der Waals surface area contributed by atoms with Gasteiger partial charge in [-0.1, -0.05) is 48.5 Å². The van der Waals surface area contributed by atoms with E-state index < -0.39 is 12.0 Å². The Morgan fingerprint density at radius 2 is 1.72 bits per heavy atom. The zero-order valence-electron chi connectivity index (χ0n) is 19.8. The molecule has 0 saturated carbocycles. The lowest BCUT2D eigenvalue weighted by Crippen LogP contribution is -2.46. The molecule has 1 atom stereocenters. The van der Waals surface area contributed by atoms with Crippen molar-refractivity contribution in [3.8, 4) is 17.2 Å². The molecule has 184 valence electrons. The number of aryl methyl sites for hydroxylation is 1. The van der Waals surface area contributed by atoms with Gasteiger partial charge in [0.1, 0.15) is 12.4 Å². The second kappa shape index (κ2) is 10.4. The second-order valence-electron chi connectivity index (χ2n) is 8.45. The largest absolute Gasteiger partial charge is 0.497 e. The molecule has 0 saturated heterocycles. The summed E-state index contributed by atoms with van der Waals surface area (Å²) in [6, 6.07) is 21.4. The molecule has 3 aromatic rings. The number of fused-ring (bicyclic) bond motifs is 1. The maximum atomic E-state index is 13.4. The first-order chi connectivity index (χ1) is 17.6. The van der Waals surface area contributed by atoms with Crippen LogP contribution in [0.4, 0.5) is 4.79 Å². The molecule has 0 spiro atoms. The van der Waals surface area contributed by atoms with Crippen LogP contribution in [-0.2, 0) is 22.6 Å². The number of hydrogen-bond acceptors (Lipinski definition) is 6. The summed E-state index contributed by atoms with van der Waals surface area (Å²) in [5.41, 5.74) is 3.52. The minimum absolute atomic E-state index is 0.127. The number of carbonyl (C=O) groups excluding carboxylic acids is 2. The predicted octanol–water partition coefficient (Wildman–Crippen LogP) is 4.41. The Labute approximate surface area is 208 Å². The highest BCUT2D eigenvalue weighted by Gasteiger charge is 2.33. The zero-order chi connectivity index (χ0) is 24.9. The van der Waals surface area contributed by atoms with Crippen molar-refractivity contribution < 1.29 is 28.5 Å². The van der Waals surface area contributed by atoms with Crippen LogP contribution >= 0.6 is 0 Å². The van der Waals surface area contributed by atoms with E-state index in [9.17, 15) is 9.59 Å². The van der Waals surface area contributed by atoms with Crippen LogP contribution in [0, 0.1) is 0 Å². The van der Waals surface area contributed by atoms with E-state index in [2.05, 4.69) is 10.6 Å². The molecule has 0 radical (unpaired) electrons. The van der Waals surface area contributed by atoms with Crippen LogP contribution in [0.1, 0.15) is 29.2 Å². The van der Waals surface area contributed by atoms with Gasteiger partial charge in [0.25, 0.3) is 0 Å². The van der Waals surface area contributed by atoms with E-state index in [4.69, 9.17) is 18.9 Å². The smallest absolute Gasteiger partial charge is 0.338 e. The van der Waals surface area contributed by atoms with Gasteiger partial charge in [0.05, 0.1) is 18.7 Å². The zero-order valence-corrected chi connectivity index (χ0v) is 19.8. The van der Waals surface area contributed by atoms with Gasteiger partial charge in [-0.05, 0) is 53.8 Å². The lowest BCUT2D eigenvalue weighted by Gasteiger charge is -2.29. The van der Waals surface area contributed by atoms with Crippen LogP contribution in [0.25, 0.3) is 0 Å². The summed E-state index contributed by atoms with van der Waals surface area (Å²) in [7, 11) is 1.59. The topological polar surface area (TPSA) is 95.1 Å². The fourth-order valence-electron chi connectivity index (χ4n) is 4.27. The second-order valence-corrected chi connectivity index (χ2v) is 8.45. The lowest BCUT2D eigenvalue weighted by molar-refractivity contribution is -0.140. The summed E-state index contributed by atoms with van der Waals surface area (Å²) in [6.07, 6.45) is 1.01. The van der Waals surface area contributed by atoms with Gasteiger partial charge in [-0.15, -0.1) is 0 Å². The third-order valence-electron chi connectivity index (χ3n) is 6.14. The van der Waals surface area contributed by atoms with E-state index in [1.54, 1.807) is 19.2 Å². The summed E-state index contributed by atoms with van der Waals surface area (Å²) in [6.45, 7) is 0.328. The molecule has 36 heavy (non-hydrogen) atoms. The Hall–Kier alpha value is -4.46. The normalized spacial score (nSPS) is 16.2. The van der Waals surface area contributed by atoms with Gasteiger partial charge in [-0.3, -0.25) is 0 Å². The van der Waals surface area contributed by atoms with Crippen molar-refractivity contribution in [1.29, 1.82) is 0 Å². The molecule has 0 aromatic heterocycles. The van der Waals surface area contributed by atoms with Gasteiger partial charge in [0.2, 0.25) is 6.79 Å². The molecular formula is C28H26N2O6. The predicted molar refractivity (Wildman–Crippen MR) is 132 cm³/mol. The molecule has 0 bridgehead atoms. The van der Waals surface area contributed by atoms with Crippen molar-refractivity contribution in [2.24, 2.45) is 0 Å². The Bertz CT molecular complexity index is 1290. The minimum atomic E-state index is -0.667. The Morgan fingerprint density at radius 3 is 2.50 bits per heavy atom. The third kappa shape index (κ3) is 5.12. The fourth-order valence-corrected chi connectivity index (χ4v) is 4.27. The quantitative estimate of drug-likeness (QED) is 0.458. The van der Waals surface area contributed by atoms with Gasteiger partial charge in [0.15, 0.2) is 11.5 Å². The standard InChI is InChI=1S/C28H26N2O6/c1-33-21-11-9-20(10-12-21)26-25(27(31)34-16-19-5-3-2-4-6-19)22(29-28(32)30-26)13-7-18-8-14-23-24(15-18)36-17-35-23/h2-6,8-12,14-15,26H,7,13,16-17H2,1H3,(H2,29,30,32). The molecule has 5 rings (SSSR count). The van der Waals surface area contributed by atoms with E-state index in [0.29, 0.717) is 41.4 Å². The molecule has 2 aliphatic rings. The number of urea groups is 1. The molecule has 8 nitrogen and oxygen atoms in total. The maximum absolute atomic E-state index is 13.4. The molecule has 0 aliphatic carbocycles. The number of methoxy groups -OCH3 is 1. The van der Waals surface area contributed by atoms with Gasteiger partial charge < -0.3 is 29.6 Å². The van der Waals surface area contributed by atoms with E-state index >= 15 is 0 Å². The number of rotatable bonds is 8. The molecule has 2 N–H and O–H groups in total. The maximum Gasteiger partial charge on any atom is 0.338 e.